The first kappa shape index (κ1) is 102. The van der Waals surface area contributed by atoms with Crippen LogP contribution in [0.4, 0.5) is 0 Å². The van der Waals surface area contributed by atoms with E-state index >= 15 is 0 Å². The van der Waals surface area contributed by atoms with E-state index in [2.05, 4.69) is 13.8 Å². The van der Waals surface area contributed by atoms with Crippen LogP contribution in [0.2, 0.25) is 0 Å². The molecule has 2 aliphatic rings. The number of unbranched alkanes of at least 4 members (excludes halogenated alkanes) is 12. The molecule has 4 unspecified atom stereocenters. The fourth-order valence-electron chi connectivity index (χ4n) is 8.97. The summed E-state index contributed by atoms with van der Waals surface area (Å²) in [6.07, 6.45) is 28.3. The molecule has 0 N–H and O–H groups in total. The lowest BCUT2D eigenvalue weighted by Crippen LogP contribution is -2.29. The lowest BCUT2D eigenvalue weighted by atomic mass is 9.89. The Labute approximate surface area is 563 Å². The summed E-state index contributed by atoms with van der Waals surface area (Å²) < 4.78 is 41.6. The number of carbonyl (C=O) groups excluding carboxylic acids is 8. The van der Waals surface area contributed by atoms with Gasteiger partial charge in [0.1, 0.15) is 50.8 Å². The second-order valence-electron chi connectivity index (χ2n) is 22.3. The van der Waals surface area contributed by atoms with Gasteiger partial charge in [-0.15, -0.1) is 0 Å². The van der Waals surface area contributed by atoms with Gasteiger partial charge in [-0.2, -0.15) is 0 Å². The highest BCUT2D eigenvalue weighted by molar-refractivity contribution is 5.90. The van der Waals surface area contributed by atoms with Gasteiger partial charge in [0.25, 0.3) is 0 Å². The Morgan fingerprint density at radius 2 is 0.630 bits per heavy atom. The highest BCUT2D eigenvalue weighted by Crippen LogP contribution is 2.26. The Morgan fingerprint density at radius 1 is 0.326 bits per heavy atom. The van der Waals surface area contributed by atoms with Crippen molar-refractivity contribution in [2.24, 2.45) is 11.8 Å². The Balaban J connectivity index is -0.000000167. The molecule has 0 radical (unpaired) electrons. The van der Waals surface area contributed by atoms with Gasteiger partial charge in [-0.3, -0.25) is 28.8 Å². The van der Waals surface area contributed by atoms with Gasteiger partial charge in [0.05, 0.1) is 23.0 Å². The largest absolute Gasteiger partial charge is 0.462 e. The molecular weight excluding hydrogens is 1170 g/mol. The van der Waals surface area contributed by atoms with Crippen LogP contribution in [-0.2, 0) is 66.7 Å². The molecule has 4 rings (SSSR count). The molecule has 16 heteroatoms. The number of hydrogen-bond acceptors (Lipinski definition) is 16. The van der Waals surface area contributed by atoms with Crippen LogP contribution >= 0.6 is 0 Å². The minimum absolute atomic E-state index is 0. The van der Waals surface area contributed by atoms with Crippen molar-refractivity contribution >= 4 is 47.8 Å². The fourth-order valence-corrected chi connectivity index (χ4v) is 8.97. The summed E-state index contributed by atoms with van der Waals surface area (Å²) in [6, 6.07) is 17.4. The summed E-state index contributed by atoms with van der Waals surface area (Å²) in [5, 5.41) is 0. The van der Waals surface area contributed by atoms with Crippen molar-refractivity contribution < 1.29 is 76.3 Å². The van der Waals surface area contributed by atoms with E-state index in [1.807, 2.05) is 26.0 Å². The van der Waals surface area contributed by atoms with E-state index in [1.54, 1.807) is 76.2 Å². The third kappa shape index (κ3) is 55.8. The molecule has 2 aromatic rings. The lowest BCUT2D eigenvalue weighted by Gasteiger charge is -2.23. The van der Waals surface area contributed by atoms with Gasteiger partial charge >= 0.3 is 47.8 Å². The first-order valence-corrected chi connectivity index (χ1v) is 32.1. The molecule has 4 atom stereocenters. The highest BCUT2D eigenvalue weighted by atomic mass is 16.6. The monoisotopic (exact) mass is 1310 g/mol. The van der Waals surface area contributed by atoms with E-state index in [1.165, 1.54) is 64.2 Å². The zero-order valence-corrected chi connectivity index (χ0v) is 52.8. The molecule has 2 saturated carbocycles. The van der Waals surface area contributed by atoms with Crippen LogP contribution < -0.4 is 0 Å². The molecule has 2 fully saturated rings. The molecule has 0 saturated heterocycles. The molecule has 0 heterocycles. The van der Waals surface area contributed by atoms with Gasteiger partial charge in [0, 0.05) is 25.7 Å². The third-order valence-corrected chi connectivity index (χ3v) is 14.0. The van der Waals surface area contributed by atoms with Crippen LogP contribution in [0, 0.1) is 11.8 Å². The Morgan fingerprint density at radius 3 is 1.04 bits per heavy atom. The number of hydrogen-bond donors (Lipinski definition) is 0. The lowest BCUT2D eigenvalue weighted by molar-refractivity contribution is -0.164. The number of carbonyl (C=O) groups is 8. The molecule has 0 aliphatic heterocycles. The maximum atomic E-state index is 12.0. The molecule has 2 aromatic carbocycles. The average molecular weight is 1310 g/mol. The molecule has 16 nitrogen and oxygen atoms in total. The van der Waals surface area contributed by atoms with E-state index in [9.17, 15) is 38.4 Å². The molecule has 2 aliphatic carbocycles. The molecule has 0 amide bonds. The summed E-state index contributed by atoms with van der Waals surface area (Å²) in [5.41, 5.74) is 0.942. The fraction of sp³-hybridized carbons (Fsp3) is 0.737. The average Bonchev–Trinajstić information content (AvgIpc) is 2.16. The Kier molecular flexibility index (Phi) is 75.7. The predicted molar refractivity (Wildman–Crippen MR) is 380 cm³/mol. The maximum Gasteiger partial charge on any atom is 0.338 e. The molecular formula is C76H140O16. The Bertz CT molecular complexity index is 2050. The van der Waals surface area contributed by atoms with E-state index in [-0.39, 0.29) is 152 Å². The summed E-state index contributed by atoms with van der Waals surface area (Å²) in [5.74, 6) is -1.80. The minimum Gasteiger partial charge on any atom is -0.462 e. The van der Waals surface area contributed by atoms with Crippen LogP contribution in [0.3, 0.4) is 0 Å². The summed E-state index contributed by atoms with van der Waals surface area (Å²) >= 11 is 0. The third-order valence-electron chi connectivity index (χ3n) is 14.0. The van der Waals surface area contributed by atoms with Crippen LogP contribution in [0.15, 0.2) is 60.7 Å². The predicted octanol–water partition coefficient (Wildman–Crippen LogP) is 20.6. The van der Waals surface area contributed by atoms with Crippen LogP contribution in [0.25, 0.3) is 0 Å². The van der Waals surface area contributed by atoms with Crippen LogP contribution in [0.1, 0.15) is 328 Å². The summed E-state index contributed by atoms with van der Waals surface area (Å²) in [6.45, 7) is 15.9. The van der Waals surface area contributed by atoms with Crippen molar-refractivity contribution in [1.82, 2.24) is 0 Å². The normalized spacial score (nSPS) is 13.2. The molecule has 540 valence electrons. The molecule has 0 spiro atoms. The van der Waals surface area contributed by atoms with Crippen molar-refractivity contribution in [3.8, 4) is 0 Å². The van der Waals surface area contributed by atoms with Gasteiger partial charge < -0.3 is 37.9 Å². The number of ether oxygens (including phenoxy) is 8. The minimum atomic E-state index is -0.509. The number of rotatable bonds is 36. The second kappa shape index (κ2) is 68.1. The van der Waals surface area contributed by atoms with E-state index in [4.69, 9.17) is 37.9 Å². The van der Waals surface area contributed by atoms with Gasteiger partial charge in [-0.25, -0.2) is 9.59 Å². The quantitative estimate of drug-likeness (QED) is 0.0353. The number of benzene rings is 2. The maximum absolute atomic E-state index is 12.0. The van der Waals surface area contributed by atoms with Crippen molar-refractivity contribution in [1.29, 1.82) is 0 Å². The van der Waals surface area contributed by atoms with Crippen molar-refractivity contribution in [2.75, 3.05) is 26.4 Å². The second-order valence-corrected chi connectivity index (χ2v) is 22.3. The van der Waals surface area contributed by atoms with Crippen molar-refractivity contribution in [3.05, 3.63) is 71.8 Å². The Hall–Kier alpha value is -5.80. The first-order chi connectivity index (χ1) is 40.5. The van der Waals surface area contributed by atoms with Crippen LogP contribution in [0.5, 0.6) is 0 Å². The zero-order valence-electron chi connectivity index (χ0n) is 52.8. The summed E-state index contributed by atoms with van der Waals surface area (Å²) in [4.78, 5) is 93.3. The molecule has 0 aromatic heterocycles. The standard InChI is InChI=1S/C21H40O4.C17H28O4.C17H16O4.C13H24O4.8CH4/c1-4-6-8-10-12-14-16-20(22)24-18-19(3)25-21(23)17-15-13-11-9-7-5-2;2*1-13(21-17(19)15-10-6-3-7-11-15)12-20-16(18)14-8-4-2-5-9-14;1-4-6-8-12(14)16-10-11(3)17-13(15)9-7-5-2;;;;;;;;/h19H,4-18H2,1-3H3;13-15H,2-12H2,1H3;2-11,13H,12H2,1H3;11H,4-10H2,1-3H3;8*1H4. The van der Waals surface area contributed by atoms with Crippen molar-refractivity contribution in [2.45, 2.75) is 332 Å². The first-order valence-electron chi connectivity index (χ1n) is 32.1. The van der Waals surface area contributed by atoms with Gasteiger partial charge in [-0.1, -0.05) is 239 Å². The molecule has 0 bridgehead atoms. The van der Waals surface area contributed by atoms with Gasteiger partial charge in [-0.05, 0) is 103 Å². The summed E-state index contributed by atoms with van der Waals surface area (Å²) in [7, 11) is 0. The highest BCUT2D eigenvalue weighted by Gasteiger charge is 2.27. The van der Waals surface area contributed by atoms with Crippen molar-refractivity contribution in [3.63, 3.8) is 0 Å². The number of esters is 8. The van der Waals surface area contributed by atoms with Gasteiger partial charge in [0.15, 0.2) is 0 Å². The van der Waals surface area contributed by atoms with Gasteiger partial charge in [0.2, 0.25) is 0 Å². The van der Waals surface area contributed by atoms with E-state index in [0.29, 0.717) is 36.8 Å². The smallest absolute Gasteiger partial charge is 0.338 e. The zero-order chi connectivity index (χ0) is 62.0. The molecule has 92 heavy (non-hydrogen) atoms. The van der Waals surface area contributed by atoms with E-state index in [0.717, 1.165) is 103 Å². The van der Waals surface area contributed by atoms with E-state index < -0.39 is 18.0 Å². The SMILES string of the molecule is C.C.C.C.C.C.C.C.CC(COC(=O)C1CCCCC1)OC(=O)C1CCCCC1.CC(COC(=O)c1ccccc1)OC(=O)c1ccccc1.CCCCC(=O)OCC(C)OC(=O)CCCC.CCCCCCCCC(=O)OCC(C)OC(=O)CCCCCCCC. The topological polar surface area (TPSA) is 210 Å². The van der Waals surface area contributed by atoms with Crippen LogP contribution in [-0.4, -0.2) is 98.6 Å².